The number of ether oxygens (including phenoxy) is 2. The van der Waals surface area contributed by atoms with Gasteiger partial charge in [-0.1, -0.05) is 12.2 Å². The number of hydrazone groups is 1. The molecule has 0 radical (unpaired) electrons. The average molecular weight is 552 g/mol. The number of carbonyl (C=O) groups excluding carboxylic acids is 2. The Morgan fingerprint density at radius 3 is 2.33 bits per heavy atom. The Balaban J connectivity index is 1.18. The molecule has 2 aromatic carbocycles. The van der Waals surface area contributed by atoms with Gasteiger partial charge >= 0.3 is 0 Å². The maximum atomic E-state index is 13.1. The minimum Gasteiger partial charge on any atom is -0.493 e. The molecule has 1 saturated heterocycles. The largest absolute Gasteiger partial charge is 0.493 e. The van der Waals surface area contributed by atoms with E-state index >= 15 is 0 Å². The molecule has 5 aliphatic rings. The van der Waals surface area contributed by atoms with E-state index in [1.807, 2.05) is 0 Å². The second-order valence-corrected chi connectivity index (χ2v) is 10.5. The van der Waals surface area contributed by atoms with Crippen LogP contribution in [0, 0.1) is 45.6 Å². The van der Waals surface area contributed by atoms with Crippen LogP contribution >= 0.6 is 15.9 Å². The van der Waals surface area contributed by atoms with Crippen molar-refractivity contribution in [3.05, 3.63) is 74.3 Å². The number of rotatable bonds is 7. The first-order valence-corrected chi connectivity index (χ1v) is 12.5. The first-order valence-electron chi connectivity index (χ1n) is 11.7. The van der Waals surface area contributed by atoms with Gasteiger partial charge in [0.1, 0.15) is 6.61 Å². The Labute approximate surface area is 215 Å². The molecule has 10 heteroatoms. The van der Waals surface area contributed by atoms with E-state index in [1.165, 1.54) is 25.5 Å². The lowest BCUT2D eigenvalue weighted by atomic mass is 9.63. The predicted octanol–water partition coefficient (Wildman–Crippen LogP) is 4.33. The molecule has 184 valence electrons. The van der Waals surface area contributed by atoms with Crippen molar-refractivity contribution in [2.75, 3.05) is 7.11 Å². The lowest BCUT2D eigenvalue weighted by molar-refractivity contribution is -0.384. The third-order valence-electron chi connectivity index (χ3n) is 7.74. The van der Waals surface area contributed by atoms with Crippen LogP contribution in [0.5, 0.6) is 11.5 Å². The number of halogens is 1. The van der Waals surface area contributed by atoms with Gasteiger partial charge in [0.2, 0.25) is 0 Å². The molecule has 3 fully saturated rings. The smallest absolute Gasteiger partial charge is 0.269 e. The van der Waals surface area contributed by atoms with Crippen molar-refractivity contribution in [1.29, 1.82) is 0 Å². The van der Waals surface area contributed by atoms with E-state index in [0.29, 0.717) is 33.4 Å². The van der Waals surface area contributed by atoms with Gasteiger partial charge in [0.05, 0.1) is 34.6 Å². The fourth-order valence-corrected chi connectivity index (χ4v) is 6.58. The maximum Gasteiger partial charge on any atom is 0.269 e. The summed E-state index contributed by atoms with van der Waals surface area (Å²) in [6.07, 6.45) is 6.87. The van der Waals surface area contributed by atoms with Gasteiger partial charge in [0.15, 0.2) is 11.5 Å². The Hall–Kier alpha value is -3.53. The summed E-state index contributed by atoms with van der Waals surface area (Å²) < 4.78 is 12.0. The molecule has 0 spiro atoms. The molecule has 36 heavy (non-hydrogen) atoms. The van der Waals surface area contributed by atoms with Crippen molar-refractivity contribution in [1.82, 2.24) is 5.01 Å². The molecular weight excluding hydrogens is 530 g/mol. The topological polar surface area (TPSA) is 111 Å². The van der Waals surface area contributed by atoms with Crippen LogP contribution in [0.15, 0.2) is 58.1 Å². The molecule has 9 nitrogen and oxygen atoms in total. The number of nitro benzene ring substituents is 1. The van der Waals surface area contributed by atoms with Crippen molar-refractivity contribution < 1.29 is 24.0 Å². The number of imide groups is 1. The van der Waals surface area contributed by atoms with Gasteiger partial charge < -0.3 is 9.47 Å². The van der Waals surface area contributed by atoms with Gasteiger partial charge in [-0.05, 0) is 81.4 Å². The number of benzene rings is 2. The highest BCUT2D eigenvalue weighted by atomic mass is 79.9. The van der Waals surface area contributed by atoms with Crippen molar-refractivity contribution in [2.24, 2.45) is 40.6 Å². The molecule has 7 rings (SSSR count). The normalized spacial score (nSPS) is 29.4. The van der Waals surface area contributed by atoms with Gasteiger partial charge in [0, 0.05) is 12.1 Å². The van der Waals surface area contributed by atoms with Crippen LogP contribution in [0.2, 0.25) is 0 Å². The van der Waals surface area contributed by atoms with Gasteiger partial charge in [-0.3, -0.25) is 19.7 Å². The van der Waals surface area contributed by atoms with Gasteiger partial charge in [-0.25, -0.2) is 0 Å². The molecule has 0 unspecified atom stereocenters. The Bertz CT molecular complexity index is 1300. The monoisotopic (exact) mass is 551 g/mol. The van der Waals surface area contributed by atoms with E-state index in [0.717, 1.165) is 17.0 Å². The molecule has 6 atom stereocenters. The number of hydrogen-bond acceptors (Lipinski definition) is 7. The number of carbonyl (C=O) groups is 2. The third-order valence-corrected chi connectivity index (χ3v) is 8.33. The number of nitrogens with zero attached hydrogens (tertiary/aromatic N) is 3. The van der Waals surface area contributed by atoms with Crippen LogP contribution in [-0.4, -0.2) is 35.1 Å². The molecule has 4 aliphatic carbocycles. The summed E-state index contributed by atoms with van der Waals surface area (Å²) in [7, 11) is 1.51. The summed E-state index contributed by atoms with van der Waals surface area (Å²) in [5.41, 5.74) is 1.39. The second kappa shape index (κ2) is 8.55. The van der Waals surface area contributed by atoms with E-state index < -0.39 is 4.92 Å². The molecule has 0 aromatic heterocycles. The van der Waals surface area contributed by atoms with Crippen molar-refractivity contribution >= 4 is 39.6 Å². The van der Waals surface area contributed by atoms with Gasteiger partial charge in [0.25, 0.3) is 17.5 Å². The van der Waals surface area contributed by atoms with Crippen molar-refractivity contribution in [2.45, 2.75) is 13.0 Å². The Morgan fingerprint density at radius 2 is 1.75 bits per heavy atom. The van der Waals surface area contributed by atoms with Crippen LogP contribution in [0.3, 0.4) is 0 Å². The highest BCUT2D eigenvalue weighted by Gasteiger charge is 2.67. The highest BCUT2D eigenvalue weighted by molar-refractivity contribution is 9.10. The lowest BCUT2D eigenvalue weighted by Gasteiger charge is -2.37. The number of allylic oxidation sites excluding steroid dienone is 2. The standard InChI is InChI=1S/C26H22BrN3O6/c1-35-21-9-14(8-20(27)24(21)36-12-13-2-4-15(5-3-13)30(33)34)11-28-29-25(31)22-16-6-7-17(19-10-18(16)19)23(22)26(29)32/h2-9,11,16-19,22-23H,10,12H2,1H3/t16-,17-,18-,19-,22+,23+/m0/s1. The molecule has 1 aliphatic heterocycles. The fraction of sp³-hybridized carbons (Fsp3) is 0.346. The summed E-state index contributed by atoms with van der Waals surface area (Å²) >= 11 is 3.49. The maximum absolute atomic E-state index is 13.1. The lowest BCUT2D eigenvalue weighted by Crippen LogP contribution is -2.40. The van der Waals surface area contributed by atoms with Gasteiger partial charge in [-0.15, -0.1) is 0 Å². The molecule has 0 N–H and O–H groups in total. The quantitative estimate of drug-likeness (QED) is 0.166. The van der Waals surface area contributed by atoms with Crippen molar-refractivity contribution in [3.63, 3.8) is 0 Å². The van der Waals surface area contributed by atoms with E-state index in [9.17, 15) is 19.7 Å². The first-order chi connectivity index (χ1) is 17.4. The summed E-state index contributed by atoms with van der Waals surface area (Å²) in [5, 5.41) is 16.2. The Morgan fingerprint density at radius 1 is 1.11 bits per heavy atom. The SMILES string of the molecule is COc1cc(C=NN2C(=O)[C@@H]3[C@H]4C=C[C@@H]([C@@H]5C[C@@H]45)[C@H]3C2=O)cc(Br)c1OCc1ccc([N+](=O)[O-])cc1. The predicted molar refractivity (Wildman–Crippen MR) is 132 cm³/mol. The Kier molecular flexibility index (Phi) is 5.44. The number of nitro groups is 1. The molecule has 2 aromatic rings. The summed E-state index contributed by atoms with van der Waals surface area (Å²) in [6.45, 7) is 0.179. The van der Waals surface area contributed by atoms with Crippen LogP contribution in [0.4, 0.5) is 5.69 Å². The molecule has 2 amide bonds. The third kappa shape index (κ3) is 3.62. The molecule has 1 heterocycles. The van der Waals surface area contributed by atoms with Crippen LogP contribution < -0.4 is 9.47 Å². The zero-order valence-corrected chi connectivity index (χ0v) is 20.8. The zero-order valence-electron chi connectivity index (χ0n) is 19.2. The van der Waals surface area contributed by atoms with E-state index in [1.54, 1.807) is 24.3 Å². The fourth-order valence-electron chi connectivity index (χ4n) is 6.00. The first kappa shape index (κ1) is 22.9. The van der Waals surface area contributed by atoms with Crippen LogP contribution in [0.25, 0.3) is 0 Å². The van der Waals surface area contributed by atoms with E-state index in [2.05, 4.69) is 33.2 Å². The highest BCUT2D eigenvalue weighted by Crippen LogP contribution is 2.65. The molecule has 2 saturated carbocycles. The summed E-state index contributed by atoms with van der Waals surface area (Å²) in [5.74, 6) is 1.29. The summed E-state index contributed by atoms with van der Waals surface area (Å²) in [6, 6.07) is 9.57. The zero-order chi connectivity index (χ0) is 25.1. The van der Waals surface area contributed by atoms with Gasteiger partial charge in [-0.2, -0.15) is 10.1 Å². The second-order valence-electron chi connectivity index (χ2n) is 9.63. The van der Waals surface area contributed by atoms with E-state index in [-0.39, 0.29) is 47.8 Å². The molecule has 2 bridgehead atoms. The number of non-ortho nitro benzene ring substituents is 1. The molecular formula is C26H22BrN3O6. The number of methoxy groups -OCH3 is 1. The minimum absolute atomic E-state index is 0.0103. The van der Waals surface area contributed by atoms with E-state index in [4.69, 9.17) is 9.47 Å². The summed E-state index contributed by atoms with van der Waals surface area (Å²) in [4.78, 5) is 36.6. The van der Waals surface area contributed by atoms with Crippen molar-refractivity contribution in [3.8, 4) is 11.5 Å². The van der Waals surface area contributed by atoms with Crippen LogP contribution in [0.1, 0.15) is 17.5 Å². The van der Waals surface area contributed by atoms with Crippen LogP contribution in [-0.2, 0) is 16.2 Å². The number of amides is 2. The number of hydrogen-bond donors (Lipinski definition) is 0. The average Bonchev–Trinajstić information content (AvgIpc) is 3.66. The minimum atomic E-state index is -0.453.